The van der Waals surface area contributed by atoms with E-state index in [9.17, 15) is 9.59 Å². The van der Waals surface area contributed by atoms with Crippen molar-refractivity contribution in [2.24, 2.45) is 0 Å². The SMILES string of the molecule is Cc1cc(C)c(CNC(=O)c2cc(C)c(C)s2)c(=O)[nH]1. The first kappa shape index (κ1) is 14.5. The number of hydrogen-bond donors (Lipinski definition) is 2. The van der Waals surface area contributed by atoms with Crippen LogP contribution in [0.25, 0.3) is 0 Å². The van der Waals surface area contributed by atoms with Gasteiger partial charge in [-0.3, -0.25) is 9.59 Å². The minimum absolute atomic E-state index is 0.134. The number of pyridine rings is 1. The molecule has 2 aromatic rings. The monoisotopic (exact) mass is 290 g/mol. The van der Waals surface area contributed by atoms with Crippen LogP contribution < -0.4 is 10.9 Å². The van der Waals surface area contributed by atoms with Crippen molar-refractivity contribution >= 4 is 17.2 Å². The lowest BCUT2D eigenvalue weighted by Crippen LogP contribution is -2.27. The highest BCUT2D eigenvalue weighted by Crippen LogP contribution is 2.20. The van der Waals surface area contributed by atoms with Crippen LogP contribution in [0.2, 0.25) is 0 Å². The molecule has 0 saturated carbocycles. The third kappa shape index (κ3) is 2.99. The number of thiophene rings is 1. The first-order valence-corrected chi connectivity index (χ1v) is 7.24. The van der Waals surface area contributed by atoms with Crippen LogP contribution in [-0.2, 0) is 6.54 Å². The lowest BCUT2D eigenvalue weighted by Gasteiger charge is -2.07. The molecule has 4 nitrogen and oxygen atoms in total. The number of H-pyrrole nitrogens is 1. The maximum atomic E-state index is 12.1. The normalized spacial score (nSPS) is 10.6. The van der Waals surface area contributed by atoms with Gasteiger partial charge in [-0.15, -0.1) is 11.3 Å². The predicted molar refractivity (Wildman–Crippen MR) is 81.5 cm³/mol. The number of carbonyl (C=O) groups excluding carboxylic acids is 1. The molecular weight excluding hydrogens is 272 g/mol. The van der Waals surface area contributed by atoms with E-state index in [0.717, 1.165) is 21.7 Å². The van der Waals surface area contributed by atoms with Crippen molar-refractivity contribution in [3.8, 4) is 0 Å². The third-order valence-electron chi connectivity index (χ3n) is 3.31. The molecule has 2 N–H and O–H groups in total. The first-order valence-electron chi connectivity index (χ1n) is 6.43. The van der Waals surface area contributed by atoms with Gasteiger partial charge in [-0.05, 0) is 51.0 Å². The van der Waals surface area contributed by atoms with Gasteiger partial charge in [0.25, 0.3) is 11.5 Å². The number of nitrogens with one attached hydrogen (secondary N) is 2. The number of amides is 1. The van der Waals surface area contributed by atoms with Gasteiger partial charge in [-0.25, -0.2) is 0 Å². The Morgan fingerprint density at radius 3 is 2.45 bits per heavy atom. The molecule has 106 valence electrons. The fraction of sp³-hybridized carbons (Fsp3) is 0.333. The molecule has 0 unspecified atom stereocenters. The quantitative estimate of drug-likeness (QED) is 0.912. The molecule has 0 radical (unpaired) electrons. The van der Waals surface area contributed by atoms with Crippen LogP contribution in [0.4, 0.5) is 0 Å². The van der Waals surface area contributed by atoms with Gasteiger partial charge < -0.3 is 10.3 Å². The summed E-state index contributed by atoms with van der Waals surface area (Å²) < 4.78 is 0. The van der Waals surface area contributed by atoms with Crippen molar-refractivity contribution in [2.75, 3.05) is 0 Å². The van der Waals surface area contributed by atoms with Crippen molar-refractivity contribution in [3.63, 3.8) is 0 Å². The van der Waals surface area contributed by atoms with Gasteiger partial charge >= 0.3 is 0 Å². The molecule has 0 spiro atoms. The van der Waals surface area contributed by atoms with Gasteiger partial charge in [0.05, 0.1) is 4.88 Å². The molecule has 0 aromatic carbocycles. The first-order chi connectivity index (χ1) is 9.38. The molecule has 2 aromatic heterocycles. The molecular formula is C15H18N2O2S. The van der Waals surface area contributed by atoms with Crippen LogP contribution >= 0.6 is 11.3 Å². The lowest BCUT2D eigenvalue weighted by atomic mass is 10.1. The van der Waals surface area contributed by atoms with Crippen molar-refractivity contribution in [1.29, 1.82) is 0 Å². The van der Waals surface area contributed by atoms with E-state index in [4.69, 9.17) is 0 Å². The molecule has 0 atom stereocenters. The molecule has 0 aliphatic heterocycles. The summed E-state index contributed by atoms with van der Waals surface area (Å²) in [6, 6.07) is 3.78. The molecule has 2 rings (SSSR count). The van der Waals surface area contributed by atoms with E-state index >= 15 is 0 Å². The summed E-state index contributed by atoms with van der Waals surface area (Å²) in [5.74, 6) is -0.134. The van der Waals surface area contributed by atoms with E-state index in [2.05, 4.69) is 10.3 Å². The zero-order chi connectivity index (χ0) is 14.9. The average Bonchev–Trinajstić information content (AvgIpc) is 2.68. The van der Waals surface area contributed by atoms with Crippen LogP contribution in [0.3, 0.4) is 0 Å². The van der Waals surface area contributed by atoms with Gasteiger partial charge in [0.1, 0.15) is 0 Å². The molecule has 1 amide bonds. The fourth-order valence-corrected chi connectivity index (χ4v) is 2.99. The van der Waals surface area contributed by atoms with Gasteiger partial charge in [0.15, 0.2) is 0 Å². The summed E-state index contributed by atoms with van der Waals surface area (Å²) >= 11 is 1.47. The smallest absolute Gasteiger partial charge is 0.261 e. The maximum absolute atomic E-state index is 12.1. The molecule has 0 bridgehead atoms. The Kier molecular flexibility index (Phi) is 4.09. The van der Waals surface area contributed by atoms with Crippen LogP contribution in [0.5, 0.6) is 0 Å². The second kappa shape index (κ2) is 5.63. The van der Waals surface area contributed by atoms with Gasteiger partial charge in [-0.1, -0.05) is 0 Å². The lowest BCUT2D eigenvalue weighted by molar-refractivity contribution is 0.0955. The number of carbonyl (C=O) groups is 1. The van der Waals surface area contributed by atoms with E-state index in [-0.39, 0.29) is 18.0 Å². The van der Waals surface area contributed by atoms with E-state index < -0.39 is 0 Å². The Morgan fingerprint density at radius 1 is 1.20 bits per heavy atom. The molecule has 0 saturated heterocycles. The van der Waals surface area contributed by atoms with Crippen LogP contribution in [0.15, 0.2) is 16.9 Å². The molecule has 5 heteroatoms. The topological polar surface area (TPSA) is 62.0 Å². The molecule has 0 aliphatic rings. The van der Waals surface area contributed by atoms with Crippen LogP contribution in [0, 0.1) is 27.7 Å². The Hall–Kier alpha value is -1.88. The summed E-state index contributed by atoms with van der Waals surface area (Å²) in [7, 11) is 0. The minimum Gasteiger partial charge on any atom is -0.347 e. The van der Waals surface area contributed by atoms with Crippen molar-refractivity contribution in [3.05, 3.63) is 54.6 Å². The van der Waals surface area contributed by atoms with Crippen LogP contribution in [0.1, 0.15) is 36.9 Å². The van der Waals surface area contributed by atoms with E-state index in [1.165, 1.54) is 11.3 Å². The standard InChI is InChI=1S/C15H18N2O2S/c1-8-6-13(20-11(8)4)15(19)16-7-12-9(2)5-10(3)17-14(12)18/h5-6H,7H2,1-4H3,(H,16,19)(H,17,18). The second-order valence-electron chi connectivity index (χ2n) is 4.98. The number of aryl methyl sites for hydroxylation is 4. The number of hydrogen-bond acceptors (Lipinski definition) is 3. The third-order valence-corrected chi connectivity index (χ3v) is 4.46. The predicted octanol–water partition coefficient (Wildman–Crippen LogP) is 2.60. The molecule has 20 heavy (non-hydrogen) atoms. The van der Waals surface area contributed by atoms with E-state index in [1.807, 2.05) is 39.8 Å². The maximum Gasteiger partial charge on any atom is 0.261 e. The number of rotatable bonds is 3. The van der Waals surface area contributed by atoms with E-state index in [1.54, 1.807) is 0 Å². The Bertz CT molecular complexity index is 694. The Morgan fingerprint density at radius 2 is 1.90 bits per heavy atom. The Balaban J connectivity index is 2.13. The molecule has 0 aliphatic carbocycles. The van der Waals surface area contributed by atoms with Gasteiger partial charge in [-0.2, -0.15) is 0 Å². The number of aromatic nitrogens is 1. The van der Waals surface area contributed by atoms with Crippen molar-refractivity contribution in [1.82, 2.24) is 10.3 Å². The zero-order valence-corrected chi connectivity index (χ0v) is 12.9. The highest BCUT2D eigenvalue weighted by atomic mass is 32.1. The summed E-state index contributed by atoms with van der Waals surface area (Å²) in [5, 5.41) is 2.81. The second-order valence-corrected chi connectivity index (χ2v) is 6.23. The summed E-state index contributed by atoms with van der Waals surface area (Å²) in [4.78, 5) is 28.5. The van der Waals surface area contributed by atoms with Crippen LogP contribution in [-0.4, -0.2) is 10.9 Å². The Labute approximate surface area is 121 Å². The molecule has 2 heterocycles. The van der Waals surface area contributed by atoms with Gasteiger partial charge in [0.2, 0.25) is 0 Å². The van der Waals surface area contributed by atoms with Crippen molar-refractivity contribution in [2.45, 2.75) is 34.2 Å². The summed E-state index contributed by atoms with van der Waals surface area (Å²) in [6.45, 7) is 7.94. The average molecular weight is 290 g/mol. The zero-order valence-electron chi connectivity index (χ0n) is 12.1. The summed E-state index contributed by atoms with van der Waals surface area (Å²) in [5.41, 5.74) is 3.30. The summed E-state index contributed by atoms with van der Waals surface area (Å²) in [6.07, 6.45) is 0. The largest absolute Gasteiger partial charge is 0.347 e. The van der Waals surface area contributed by atoms with Crippen molar-refractivity contribution < 1.29 is 4.79 Å². The highest BCUT2D eigenvalue weighted by Gasteiger charge is 2.12. The number of aromatic amines is 1. The van der Waals surface area contributed by atoms with E-state index in [0.29, 0.717) is 10.4 Å². The fourth-order valence-electron chi connectivity index (χ4n) is 2.04. The highest BCUT2D eigenvalue weighted by molar-refractivity contribution is 7.14. The van der Waals surface area contributed by atoms with Gasteiger partial charge in [0, 0.05) is 22.7 Å². The minimum atomic E-state index is -0.138. The molecule has 0 fully saturated rings.